The van der Waals surface area contributed by atoms with E-state index < -0.39 is 12.5 Å². The van der Waals surface area contributed by atoms with Gasteiger partial charge in [0.2, 0.25) is 0 Å². The number of nitrogens with zero attached hydrogens (tertiary/aromatic N) is 3. The first-order chi connectivity index (χ1) is 8.94. The maximum Gasteiger partial charge on any atom is 0.316 e. The standard InChI is InChI=1S/C13H12F2N3O/c1-9-4-3-5-11(18-9)10-6-16-12(17-7-10)19-8-13(2,14)15/h3-7H,1,8H2,2H3. The van der Waals surface area contributed by atoms with Crippen LogP contribution in [0.1, 0.15) is 12.6 Å². The number of hydrogen-bond acceptors (Lipinski definition) is 4. The van der Waals surface area contributed by atoms with Crippen LogP contribution >= 0.6 is 0 Å². The summed E-state index contributed by atoms with van der Waals surface area (Å²) >= 11 is 0. The minimum Gasteiger partial charge on any atom is -0.457 e. The molecule has 0 fully saturated rings. The minimum absolute atomic E-state index is 0.0870. The lowest BCUT2D eigenvalue weighted by molar-refractivity contribution is -0.0256. The predicted octanol–water partition coefficient (Wildman–Crippen LogP) is 2.75. The van der Waals surface area contributed by atoms with Crippen LogP contribution in [0.25, 0.3) is 11.3 Å². The van der Waals surface area contributed by atoms with Gasteiger partial charge < -0.3 is 4.74 Å². The third-order valence-corrected chi connectivity index (χ3v) is 2.19. The van der Waals surface area contributed by atoms with E-state index in [1.165, 1.54) is 12.4 Å². The molecule has 0 aromatic carbocycles. The summed E-state index contributed by atoms with van der Waals surface area (Å²) in [5.41, 5.74) is 1.96. The molecule has 0 bridgehead atoms. The number of aromatic nitrogens is 3. The van der Waals surface area contributed by atoms with Gasteiger partial charge in [-0.1, -0.05) is 6.07 Å². The van der Waals surface area contributed by atoms with Crippen LogP contribution in [0.3, 0.4) is 0 Å². The maximum absolute atomic E-state index is 12.6. The van der Waals surface area contributed by atoms with Crippen LogP contribution in [0.4, 0.5) is 8.78 Å². The van der Waals surface area contributed by atoms with E-state index in [2.05, 4.69) is 21.9 Å². The van der Waals surface area contributed by atoms with Crippen LogP contribution in [-0.2, 0) is 0 Å². The second-order valence-electron chi connectivity index (χ2n) is 4.13. The molecule has 0 spiro atoms. The third kappa shape index (κ3) is 3.94. The second kappa shape index (κ2) is 5.26. The average molecular weight is 264 g/mol. The molecular formula is C13H12F2N3O. The van der Waals surface area contributed by atoms with E-state index in [4.69, 9.17) is 4.74 Å². The highest BCUT2D eigenvalue weighted by molar-refractivity contribution is 5.56. The van der Waals surface area contributed by atoms with Gasteiger partial charge in [0.25, 0.3) is 5.92 Å². The highest BCUT2D eigenvalue weighted by Gasteiger charge is 2.22. The first-order valence-corrected chi connectivity index (χ1v) is 5.56. The molecule has 0 atom stereocenters. The van der Waals surface area contributed by atoms with E-state index in [0.717, 1.165) is 6.92 Å². The molecule has 0 unspecified atom stereocenters. The fourth-order valence-electron chi connectivity index (χ4n) is 1.35. The number of rotatable bonds is 4. The minimum atomic E-state index is -2.91. The molecule has 0 N–H and O–H groups in total. The Hall–Kier alpha value is -2.11. The van der Waals surface area contributed by atoms with Gasteiger partial charge in [-0.25, -0.2) is 18.7 Å². The van der Waals surface area contributed by atoms with Gasteiger partial charge in [0.1, 0.15) is 0 Å². The van der Waals surface area contributed by atoms with Crippen molar-refractivity contribution in [2.75, 3.05) is 6.61 Å². The first kappa shape index (κ1) is 13.3. The number of ether oxygens (including phenoxy) is 1. The van der Waals surface area contributed by atoms with Crippen LogP contribution in [0.15, 0.2) is 30.6 Å². The van der Waals surface area contributed by atoms with E-state index >= 15 is 0 Å². The highest BCUT2D eigenvalue weighted by atomic mass is 19.3. The Morgan fingerprint density at radius 2 is 1.95 bits per heavy atom. The van der Waals surface area contributed by atoms with E-state index in [9.17, 15) is 8.78 Å². The second-order valence-corrected chi connectivity index (χ2v) is 4.13. The maximum atomic E-state index is 12.6. The summed E-state index contributed by atoms with van der Waals surface area (Å²) < 4.78 is 30.0. The van der Waals surface area contributed by atoms with Crippen molar-refractivity contribution in [1.29, 1.82) is 0 Å². The first-order valence-electron chi connectivity index (χ1n) is 5.56. The molecule has 4 nitrogen and oxygen atoms in total. The lowest BCUT2D eigenvalue weighted by Gasteiger charge is -2.10. The smallest absolute Gasteiger partial charge is 0.316 e. The molecule has 2 aromatic rings. The number of alkyl halides is 2. The van der Waals surface area contributed by atoms with Gasteiger partial charge in [0.15, 0.2) is 6.61 Å². The molecule has 1 radical (unpaired) electrons. The summed E-state index contributed by atoms with van der Waals surface area (Å²) in [5, 5.41) is 0. The van der Waals surface area contributed by atoms with E-state index in [1.54, 1.807) is 12.1 Å². The van der Waals surface area contributed by atoms with Crippen molar-refractivity contribution in [1.82, 2.24) is 15.0 Å². The van der Waals surface area contributed by atoms with Crippen LogP contribution in [0.5, 0.6) is 6.01 Å². The molecule has 99 valence electrons. The van der Waals surface area contributed by atoms with Gasteiger partial charge in [-0.05, 0) is 19.1 Å². The Labute approximate surface area is 109 Å². The van der Waals surface area contributed by atoms with Gasteiger partial charge in [0, 0.05) is 30.6 Å². The molecule has 0 aliphatic rings. The van der Waals surface area contributed by atoms with Crippen molar-refractivity contribution >= 4 is 0 Å². The van der Waals surface area contributed by atoms with Crippen molar-refractivity contribution < 1.29 is 13.5 Å². The SMILES string of the molecule is [CH2]c1cccc(-c2cnc(OCC(C)(F)F)nc2)n1. The molecule has 0 saturated heterocycles. The highest BCUT2D eigenvalue weighted by Crippen LogP contribution is 2.17. The molecule has 0 aliphatic carbocycles. The monoisotopic (exact) mass is 264 g/mol. The largest absolute Gasteiger partial charge is 0.457 e. The molecule has 2 rings (SSSR count). The van der Waals surface area contributed by atoms with Crippen LogP contribution in [-0.4, -0.2) is 27.5 Å². The predicted molar refractivity (Wildman–Crippen MR) is 65.8 cm³/mol. The fourth-order valence-corrected chi connectivity index (χ4v) is 1.35. The molecular weight excluding hydrogens is 252 g/mol. The molecule has 6 heteroatoms. The molecule has 2 aromatic heterocycles. The van der Waals surface area contributed by atoms with Crippen LogP contribution in [0, 0.1) is 6.92 Å². The zero-order chi connectivity index (χ0) is 13.9. The molecule has 2 heterocycles. The third-order valence-electron chi connectivity index (χ3n) is 2.19. The Balaban J connectivity index is 2.10. The average Bonchev–Trinajstić information content (AvgIpc) is 2.36. The summed E-state index contributed by atoms with van der Waals surface area (Å²) in [6, 6.07) is 5.28. The van der Waals surface area contributed by atoms with Gasteiger partial charge >= 0.3 is 6.01 Å². The molecule has 0 saturated carbocycles. The molecule has 0 aliphatic heterocycles. The quantitative estimate of drug-likeness (QED) is 0.852. The lowest BCUT2D eigenvalue weighted by Crippen LogP contribution is -2.21. The number of halogens is 2. The van der Waals surface area contributed by atoms with Crippen LogP contribution < -0.4 is 4.74 Å². The lowest BCUT2D eigenvalue weighted by atomic mass is 10.2. The Bertz CT molecular complexity index is 553. The normalized spacial score (nSPS) is 11.4. The number of pyridine rings is 1. The van der Waals surface area contributed by atoms with Gasteiger partial charge in [-0.2, -0.15) is 0 Å². The van der Waals surface area contributed by atoms with Crippen molar-refractivity contribution in [2.24, 2.45) is 0 Å². The van der Waals surface area contributed by atoms with Crippen molar-refractivity contribution in [3.8, 4) is 17.3 Å². The zero-order valence-electron chi connectivity index (χ0n) is 10.3. The fraction of sp³-hybridized carbons (Fsp3) is 0.231. The molecule has 19 heavy (non-hydrogen) atoms. The topological polar surface area (TPSA) is 47.9 Å². The van der Waals surface area contributed by atoms with Gasteiger partial charge in [-0.15, -0.1) is 0 Å². The van der Waals surface area contributed by atoms with E-state index in [0.29, 0.717) is 17.0 Å². The van der Waals surface area contributed by atoms with E-state index in [1.807, 2.05) is 6.07 Å². The summed E-state index contributed by atoms with van der Waals surface area (Å²) in [7, 11) is 0. The van der Waals surface area contributed by atoms with Crippen molar-refractivity contribution in [2.45, 2.75) is 12.8 Å². The number of hydrogen-bond donors (Lipinski definition) is 0. The summed E-state index contributed by atoms with van der Waals surface area (Å²) in [4.78, 5) is 11.9. The summed E-state index contributed by atoms with van der Waals surface area (Å²) in [6.07, 6.45) is 2.94. The van der Waals surface area contributed by atoms with Gasteiger partial charge in [-0.3, -0.25) is 4.98 Å². The summed E-state index contributed by atoms with van der Waals surface area (Å²) in [6.45, 7) is 3.74. The van der Waals surface area contributed by atoms with Crippen molar-refractivity contribution in [3.05, 3.63) is 43.2 Å². The van der Waals surface area contributed by atoms with Gasteiger partial charge in [0.05, 0.1) is 5.69 Å². The van der Waals surface area contributed by atoms with E-state index in [-0.39, 0.29) is 6.01 Å². The van der Waals surface area contributed by atoms with Crippen molar-refractivity contribution in [3.63, 3.8) is 0 Å². The Morgan fingerprint density at radius 1 is 1.26 bits per heavy atom. The molecule has 0 amide bonds. The summed E-state index contributed by atoms with van der Waals surface area (Å²) in [5.74, 6) is -2.91. The zero-order valence-corrected chi connectivity index (χ0v) is 10.3. The Kier molecular flexibility index (Phi) is 3.69. The Morgan fingerprint density at radius 3 is 2.53 bits per heavy atom. The van der Waals surface area contributed by atoms with Crippen LogP contribution in [0.2, 0.25) is 0 Å².